The van der Waals surface area contributed by atoms with Crippen molar-refractivity contribution in [2.75, 3.05) is 0 Å². The summed E-state index contributed by atoms with van der Waals surface area (Å²) in [5.74, 6) is 0. The fourth-order valence-corrected chi connectivity index (χ4v) is 3.93. The molecule has 2 heterocycles. The Bertz CT molecular complexity index is 867. The van der Waals surface area contributed by atoms with Gasteiger partial charge in [-0.15, -0.1) is 21.5 Å². The average molecular weight is 325 g/mol. The lowest BCUT2D eigenvalue weighted by Gasteiger charge is -1.97. The predicted molar refractivity (Wildman–Crippen MR) is 87.1 cm³/mol. The SMILES string of the molecule is c1ccc(Cn2nnc(Sc3nc4ccccc4s3)n2)cc1. The number of hydrogen-bond donors (Lipinski definition) is 0. The van der Waals surface area contributed by atoms with E-state index in [1.807, 2.05) is 48.5 Å². The molecule has 0 saturated carbocycles. The highest BCUT2D eigenvalue weighted by Crippen LogP contribution is 2.32. The van der Waals surface area contributed by atoms with Gasteiger partial charge in [-0.3, -0.25) is 0 Å². The molecule has 4 rings (SSSR count). The summed E-state index contributed by atoms with van der Waals surface area (Å²) in [5, 5.41) is 13.2. The third kappa shape index (κ3) is 2.86. The maximum Gasteiger partial charge on any atom is 0.238 e. The first-order valence-electron chi connectivity index (χ1n) is 6.72. The van der Waals surface area contributed by atoms with Crippen LogP contribution in [0.25, 0.3) is 10.2 Å². The smallest absolute Gasteiger partial charge is 0.229 e. The van der Waals surface area contributed by atoms with Gasteiger partial charge in [0.2, 0.25) is 5.16 Å². The minimum Gasteiger partial charge on any atom is -0.229 e. The molecule has 0 amide bonds. The molecular formula is C15H11N5S2. The minimum absolute atomic E-state index is 0.619. The van der Waals surface area contributed by atoms with Crippen molar-refractivity contribution >= 4 is 33.3 Å². The molecule has 0 N–H and O–H groups in total. The van der Waals surface area contributed by atoms with Gasteiger partial charge in [-0.1, -0.05) is 42.5 Å². The van der Waals surface area contributed by atoms with Crippen LogP contribution < -0.4 is 0 Å². The van der Waals surface area contributed by atoms with Crippen LogP contribution in [0.1, 0.15) is 5.56 Å². The van der Waals surface area contributed by atoms with Crippen LogP contribution in [0.2, 0.25) is 0 Å². The standard InChI is InChI=1S/C15H11N5S2/c1-2-6-11(7-3-1)10-20-18-14(17-19-20)22-15-16-12-8-4-5-9-13(12)21-15/h1-9H,10H2. The van der Waals surface area contributed by atoms with Crippen molar-refractivity contribution in [3.8, 4) is 0 Å². The lowest BCUT2D eigenvalue weighted by molar-refractivity contribution is 0.569. The Balaban J connectivity index is 1.51. The van der Waals surface area contributed by atoms with Crippen molar-refractivity contribution in [3.63, 3.8) is 0 Å². The fraction of sp³-hybridized carbons (Fsp3) is 0.0667. The molecule has 0 aliphatic heterocycles. The molecule has 108 valence electrons. The summed E-state index contributed by atoms with van der Waals surface area (Å²) < 4.78 is 2.10. The molecule has 0 bridgehead atoms. The highest BCUT2D eigenvalue weighted by Gasteiger charge is 2.10. The normalized spacial score (nSPS) is 11.1. The lowest BCUT2D eigenvalue weighted by Crippen LogP contribution is -2.03. The molecule has 0 fully saturated rings. The van der Waals surface area contributed by atoms with Crippen LogP contribution in [-0.4, -0.2) is 25.2 Å². The summed E-state index contributed by atoms with van der Waals surface area (Å²) in [6.45, 7) is 0.619. The molecule has 0 saturated heterocycles. The van der Waals surface area contributed by atoms with E-state index >= 15 is 0 Å². The number of aromatic nitrogens is 5. The van der Waals surface area contributed by atoms with Gasteiger partial charge in [0.1, 0.15) is 0 Å². The Kier molecular flexibility index (Phi) is 3.57. The van der Waals surface area contributed by atoms with Gasteiger partial charge in [0, 0.05) is 0 Å². The molecule has 22 heavy (non-hydrogen) atoms. The molecule has 0 unspecified atom stereocenters. The zero-order chi connectivity index (χ0) is 14.8. The fourth-order valence-electron chi connectivity index (χ4n) is 2.06. The van der Waals surface area contributed by atoms with Crippen molar-refractivity contribution in [1.82, 2.24) is 25.2 Å². The molecule has 0 atom stereocenters. The predicted octanol–water partition coefficient (Wildman–Crippen LogP) is 3.48. The number of tetrazole rings is 1. The van der Waals surface area contributed by atoms with E-state index in [-0.39, 0.29) is 0 Å². The topological polar surface area (TPSA) is 56.5 Å². The van der Waals surface area contributed by atoms with Crippen LogP contribution in [-0.2, 0) is 6.54 Å². The van der Waals surface area contributed by atoms with E-state index in [0.29, 0.717) is 11.7 Å². The van der Waals surface area contributed by atoms with Crippen molar-refractivity contribution in [2.45, 2.75) is 16.0 Å². The first kappa shape index (κ1) is 13.4. The second-order valence-electron chi connectivity index (χ2n) is 4.64. The molecule has 0 radical (unpaired) electrons. The first-order valence-corrected chi connectivity index (χ1v) is 8.35. The number of fused-ring (bicyclic) bond motifs is 1. The molecule has 0 aliphatic carbocycles. The molecule has 0 aliphatic rings. The summed E-state index contributed by atoms with van der Waals surface area (Å²) in [5.41, 5.74) is 2.16. The molecule has 5 nitrogen and oxygen atoms in total. The summed E-state index contributed by atoms with van der Waals surface area (Å²) in [6, 6.07) is 18.2. The van der Waals surface area contributed by atoms with Crippen LogP contribution in [0, 0.1) is 0 Å². The van der Waals surface area contributed by atoms with E-state index in [1.54, 1.807) is 16.1 Å². The zero-order valence-electron chi connectivity index (χ0n) is 11.5. The van der Waals surface area contributed by atoms with Gasteiger partial charge in [0.05, 0.1) is 16.8 Å². The Morgan fingerprint density at radius 3 is 2.68 bits per heavy atom. The third-order valence-corrected chi connectivity index (χ3v) is 5.00. The number of para-hydroxylation sites is 1. The maximum atomic E-state index is 4.57. The van der Waals surface area contributed by atoms with E-state index in [4.69, 9.17) is 0 Å². The van der Waals surface area contributed by atoms with Crippen LogP contribution in [0.4, 0.5) is 0 Å². The van der Waals surface area contributed by atoms with Gasteiger partial charge in [-0.25, -0.2) is 4.98 Å². The van der Waals surface area contributed by atoms with Gasteiger partial charge < -0.3 is 0 Å². The molecule has 2 aromatic heterocycles. The summed E-state index contributed by atoms with van der Waals surface area (Å²) >= 11 is 3.09. The van der Waals surface area contributed by atoms with E-state index in [1.165, 1.54) is 16.5 Å². The van der Waals surface area contributed by atoms with Crippen molar-refractivity contribution in [2.24, 2.45) is 0 Å². The number of benzene rings is 2. The van der Waals surface area contributed by atoms with Crippen LogP contribution in [0.3, 0.4) is 0 Å². The number of nitrogens with zero attached hydrogens (tertiary/aromatic N) is 5. The van der Waals surface area contributed by atoms with Crippen LogP contribution in [0.15, 0.2) is 64.1 Å². The zero-order valence-corrected chi connectivity index (χ0v) is 13.1. The van der Waals surface area contributed by atoms with Gasteiger partial charge in [0.15, 0.2) is 4.34 Å². The highest BCUT2D eigenvalue weighted by atomic mass is 32.2. The van der Waals surface area contributed by atoms with Gasteiger partial charge in [-0.05, 0) is 34.7 Å². The Hall–Kier alpha value is -2.25. The summed E-state index contributed by atoms with van der Waals surface area (Å²) in [4.78, 5) is 6.17. The summed E-state index contributed by atoms with van der Waals surface area (Å²) in [7, 11) is 0. The van der Waals surface area contributed by atoms with Crippen molar-refractivity contribution in [3.05, 3.63) is 60.2 Å². The molecular weight excluding hydrogens is 314 g/mol. The van der Waals surface area contributed by atoms with E-state index in [0.717, 1.165) is 15.4 Å². The Morgan fingerprint density at radius 1 is 1.00 bits per heavy atom. The monoisotopic (exact) mass is 325 g/mol. The Labute approximate surface area is 135 Å². The number of rotatable bonds is 4. The molecule has 7 heteroatoms. The van der Waals surface area contributed by atoms with E-state index < -0.39 is 0 Å². The van der Waals surface area contributed by atoms with Crippen LogP contribution >= 0.6 is 23.1 Å². The number of thiazole rings is 1. The lowest BCUT2D eigenvalue weighted by atomic mass is 10.2. The molecule has 2 aromatic carbocycles. The highest BCUT2D eigenvalue weighted by molar-refractivity contribution is 8.01. The quantitative estimate of drug-likeness (QED) is 0.575. The second kappa shape index (κ2) is 5.86. The van der Waals surface area contributed by atoms with Gasteiger partial charge >= 0.3 is 0 Å². The van der Waals surface area contributed by atoms with Gasteiger partial charge in [-0.2, -0.15) is 4.80 Å². The maximum absolute atomic E-state index is 4.57. The van der Waals surface area contributed by atoms with Crippen LogP contribution in [0.5, 0.6) is 0 Å². The minimum atomic E-state index is 0.619. The third-order valence-electron chi connectivity index (χ3n) is 3.05. The molecule has 0 spiro atoms. The van der Waals surface area contributed by atoms with E-state index in [9.17, 15) is 0 Å². The van der Waals surface area contributed by atoms with Crippen molar-refractivity contribution in [1.29, 1.82) is 0 Å². The second-order valence-corrected chi connectivity index (χ2v) is 6.88. The molecule has 4 aromatic rings. The van der Waals surface area contributed by atoms with Gasteiger partial charge in [0.25, 0.3) is 0 Å². The average Bonchev–Trinajstić information content (AvgIpc) is 3.14. The summed E-state index contributed by atoms with van der Waals surface area (Å²) in [6.07, 6.45) is 0. The van der Waals surface area contributed by atoms with Crippen molar-refractivity contribution < 1.29 is 0 Å². The largest absolute Gasteiger partial charge is 0.238 e. The van der Waals surface area contributed by atoms with E-state index in [2.05, 4.69) is 26.5 Å². The first-order chi connectivity index (χ1) is 10.9. The number of hydrogen-bond acceptors (Lipinski definition) is 6. The Morgan fingerprint density at radius 2 is 1.82 bits per heavy atom.